The Hall–Kier alpha value is -2.48. The summed E-state index contributed by atoms with van der Waals surface area (Å²) < 4.78 is 14.7. The number of hydrogen-bond donors (Lipinski definition) is 0. The van der Waals surface area contributed by atoms with Crippen LogP contribution in [0.5, 0.6) is 11.5 Å². The van der Waals surface area contributed by atoms with Gasteiger partial charge < -0.3 is 14.2 Å². The zero-order chi connectivity index (χ0) is 16.4. The van der Waals surface area contributed by atoms with Crippen LogP contribution in [0.4, 0.5) is 4.79 Å². The molecule has 1 aromatic rings. The molecule has 0 aromatic heterocycles. The van der Waals surface area contributed by atoms with Crippen molar-refractivity contribution in [3.63, 3.8) is 0 Å². The second-order valence-electron chi connectivity index (χ2n) is 4.04. The first-order valence-electron chi connectivity index (χ1n) is 6.56. The van der Waals surface area contributed by atoms with E-state index in [9.17, 15) is 9.59 Å². The van der Waals surface area contributed by atoms with E-state index in [0.29, 0.717) is 12.2 Å². The molecule has 0 radical (unpaired) electrons. The molecule has 1 rings (SSSR count). The van der Waals surface area contributed by atoms with Crippen LogP contribution in [0.3, 0.4) is 0 Å². The van der Waals surface area contributed by atoms with Crippen LogP contribution >= 0.6 is 0 Å². The lowest BCUT2D eigenvalue weighted by Gasteiger charge is -2.08. The molecule has 0 heterocycles. The SMILES string of the molecule is CCCCOC(=O)OOOC(=O)c1ccc(OC)cc1OC. The summed E-state index contributed by atoms with van der Waals surface area (Å²) in [5, 5.41) is 4.09. The fraction of sp³-hybridized carbons (Fsp3) is 0.429. The van der Waals surface area contributed by atoms with Gasteiger partial charge in [0.1, 0.15) is 17.1 Å². The molecular weight excluding hydrogens is 296 g/mol. The largest absolute Gasteiger partial charge is 0.543 e. The molecule has 0 amide bonds. The van der Waals surface area contributed by atoms with Crippen LogP contribution in [0, 0.1) is 0 Å². The fourth-order valence-corrected chi connectivity index (χ4v) is 1.41. The Morgan fingerprint density at radius 3 is 2.50 bits per heavy atom. The van der Waals surface area contributed by atoms with Gasteiger partial charge in [0.25, 0.3) is 0 Å². The molecule has 122 valence electrons. The van der Waals surface area contributed by atoms with Crippen LogP contribution in [0.1, 0.15) is 30.1 Å². The van der Waals surface area contributed by atoms with Gasteiger partial charge in [-0.1, -0.05) is 13.3 Å². The Labute approximate surface area is 127 Å². The lowest BCUT2D eigenvalue weighted by atomic mass is 10.2. The molecule has 0 aliphatic rings. The van der Waals surface area contributed by atoms with E-state index >= 15 is 0 Å². The van der Waals surface area contributed by atoms with Crippen LogP contribution in [0.25, 0.3) is 0 Å². The minimum Gasteiger partial charge on any atom is -0.497 e. The Kier molecular flexibility index (Phi) is 7.55. The van der Waals surface area contributed by atoms with E-state index in [0.717, 1.165) is 6.42 Å². The Morgan fingerprint density at radius 1 is 1.09 bits per heavy atom. The first-order chi connectivity index (χ1) is 10.6. The van der Waals surface area contributed by atoms with Crippen molar-refractivity contribution in [3.8, 4) is 11.5 Å². The van der Waals surface area contributed by atoms with E-state index in [2.05, 4.69) is 19.6 Å². The van der Waals surface area contributed by atoms with Gasteiger partial charge in [0.2, 0.25) is 0 Å². The molecule has 0 bridgehead atoms. The molecule has 0 atom stereocenters. The zero-order valence-corrected chi connectivity index (χ0v) is 12.6. The third-order valence-corrected chi connectivity index (χ3v) is 2.56. The molecule has 8 heteroatoms. The van der Waals surface area contributed by atoms with E-state index in [-0.39, 0.29) is 17.9 Å². The lowest BCUT2D eigenvalue weighted by molar-refractivity contribution is -0.452. The molecule has 0 saturated carbocycles. The van der Waals surface area contributed by atoms with Crippen molar-refractivity contribution in [1.29, 1.82) is 0 Å². The fourth-order valence-electron chi connectivity index (χ4n) is 1.41. The van der Waals surface area contributed by atoms with Crippen molar-refractivity contribution in [3.05, 3.63) is 23.8 Å². The maximum absolute atomic E-state index is 11.8. The molecule has 0 N–H and O–H groups in total. The van der Waals surface area contributed by atoms with E-state index in [4.69, 9.17) is 9.47 Å². The summed E-state index contributed by atoms with van der Waals surface area (Å²) in [6, 6.07) is 4.46. The quantitative estimate of drug-likeness (QED) is 0.313. The highest BCUT2D eigenvalue weighted by molar-refractivity contribution is 5.92. The van der Waals surface area contributed by atoms with Crippen molar-refractivity contribution >= 4 is 12.1 Å². The monoisotopic (exact) mass is 314 g/mol. The average Bonchev–Trinajstić information content (AvgIpc) is 2.54. The van der Waals surface area contributed by atoms with Gasteiger partial charge >= 0.3 is 12.1 Å². The first kappa shape index (κ1) is 17.6. The van der Waals surface area contributed by atoms with Crippen LogP contribution in [0.15, 0.2) is 18.2 Å². The van der Waals surface area contributed by atoms with E-state index in [1.807, 2.05) is 6.92 Å². The summed E-state index contributed by atoms with van der Waals surface area (Å²) >= 11 is 0. The summed E-state index contributed by atoms with van der Waals surface area (Å²) in [5.41, 5.74) is 0.0752. The average molecular weight is 314 g/mol. The summed E-state index contributed by atoms with van der Waals surface area (Å²) in [5.74, 6) is -0.176. The van der Waals surface area contributed by atoms with Gasteiger partial charge in [0.15, 0.2) is 0 Å². The molecule has 0 aliphatic heterocycles. The topological polar surface area (TPSA) is 89.5 Å². The van der Waals surface area contributed by atoms with Gasteiger partial charge in [-0.15, -0.1) is 0 Å². The zero-order valence-electron chi connectivity index (χ0n) is 12.6. The van der Waals surface area contributed by atoms with Crippen LogP contribution in [-0.2, 0) is 19.6 Å². The number of rotatable bonds is 8. The predicted molar refractivity (Wildman–Crippen MR) is 73.4 cm³/mol. The van der Waals surface area contributed by atoms with Crippen LogP contribution in [0.2, 0.25) is 0 Å². The lowest BCUT2D eigenvalue weighted by Crippen LogP contribution is -2.13. The Bertz CT molecular complexity index is 500. The summed E-state index contributed by atoms with van der Waals surface area (Å²) in [6.45, 7) is 2.13. The standard InChI is InChI=1S/C14H18O8/c1-4-5-8-19-14(16)21-22-20-13(15)11-7-6-10(17-2)9-12(11)18-3/h6-7,9H,4-5,8H2,1-3H3. The van der Waals surface area contributed by atoms with Gasteiger partial charge in [-0.2, -0.15) is 0 Å². The van der Waals surface area contributed by atoms with Crippen LogP contribution < -0.4 is 9.47 Å². The number of carbonyl (C=O) groups excluding carboxylic acids is 2. The highest BCUT2D eigenvalue weighted by Gasteiger charge is 2.17. The Morgan fingerprint density at radius 2 is 1.86 bits per heavy atom. The highest BCUT2D eigenvalue weighted by atomic mass is 17.5. The molecule has 8 nitrogen and oxygen atoms in total. The summed E-state index contributed by atoms with van der Waals surface area (Å²) in [7, 11) is 2.86. The molecular formula is C14H18O8. The highest BCUT2D eigenvalue weighted by Crippen LogP contribution is 2.25. The molecule has 0 unspecified atom stereocenters. The van der Waals surface area contributed by atoms with Gasteiger partial charge in [-0.3, -0.25) is 4.89 Å². The van der Waals surface area contributed by atoms with E-state index in [1.54, 1.807) is 6.07 Å². The number of hydrogen-bond acceptors (Lipinski definition) is 8. The van der Waals surface area contributed by atoms with Crippen molar-refractivity contribution < 1.29 is 38.6 Å². The number of ether oxygens (including phenoxy) is 3. The normalized spacial score (nSPS) is 9.77. The van der Waals surface area contributed by atoms with Crippen molar-refractivity contribution in [1.82, 2.24) is 0 Å². The van der Waals surface area contributed by atoms with Crippen molar-refractivity contribution in [2.24, 2.45) is 0 Å². The molecule has 1 aromatic carbocycles. The second kappa shape index (κ2) is 9.46. The van der Waals surface area contributed by atoms with E-state index < -0.39 is 12.1 Å². The number of methoxy groups -OCH3 is 2. The Balaban J connectivity index is 2.47. The maximum Gasteiger partial charge on any atom is 0.543 e. The second-order valence-corrected chi connectivity index (χ2v) is 4.04. The van der Waals surface area contributed by atoms with Gasteiger partial charge in [-0.05, 0) is 18.6 Å². The van der Waals surface area contributed by atoms with Crippen molar-refractivity contribution in [2.45, 2.75) is 19.8 Å². The van der Waals surface area contributed by atoms with Gasteiger partial charge in [-0.25, -0.2) is 14.5 Å². The van der Waals surface area contributed by atoms with Gasteiger partial charge in [0, 0.05) is 6.07 Å². The molecule has 0 aliphatic carbocycles. The predicted octanol–water partition coefficient (Wildman–Crippen LogP) is 2.66. The molecule has 0 fully saturated rings. The minimum absolute atomic E-state index is 0.0752. The third kappa shape index (κ3) is 5.49. The van der Waals surface area contributed by atoms with E-state index in [1.165, 1.54) is 26.4 Å². The number of carbonyl (C=O) groups is 2. The molecule has 22 heavy (non-hydrogen) atoms. The van der Waals surface area contributed by atoms with Gasteiger partial charge in [0.05, 0.1) is 25.9 Å². The smallest absolute Gasteiger partial charge is 0.497 e. The first-order valence-corrected chi connectivity index (χ1v) is 6.56. The minimum atomic E-state index is -1.09. The molecule has 0 saturated heterocycles. The van der Waals surface area contributed by atoms with Crippen molar-refractivity contribution in [2.75, 3.05) is 20.8 Å². The number of unbranched alkanes of at least 4 members (excludes halogenated alkanes) is 1. The summed E-state index contributed by atoms with van der Waals surface area (Å²) in [4.78, 5) is 31.3. The number of benzene rings is 1. The third-order valence-electron chi connectivity index (χ3n) is 2.56. The summed E-state index contributed by atoms with van der Waals surface area (Å²) in [6.07, 6.45) is 0.459. The van der Waals surface area contributed by atoms with Crippen LogP contribution in [-0.4, -0.2) is 33.0 Å². The maximum atomic E-state index is 11.8. The molecule has 0 spiro atoms.